The Hall–Kier alpha value is -1.92. The third-order valence-corrected chi connectivity index (χ3v) is 3.56. The van der Waals surface area contributed by atoms with E-state index >= 15 is 0 Å². The molecule has 0 saturated carbocycles. The van der Waals surface area contributed by atoms with Gasteiger partial charge in [-0.1, -0.05) is 18.2 Å². The molecule has 114 valence electrons. The number of benzene rings is 1. The summed E-state index contributed by atoms with van der Waals surface area (Å²) in [6.07, 6.45) is 0.881. The first-order valence-corrected chi connectivity index (χ1v) is 7.15. The van der Waals surface area contributed by atoms with Crippen molar-refractivity contribution in [3.8, 4) is 0 Å². The second kappa shape index (κ2) is 7.19. The van der Waals surface area contributed by atoms with Gasteiger partial charge in [-0.15, -0.1) is 0 Å². The fourth-order valence-electron chi connectivity index (χ4n) is 2.59. The third-order valence-electron chi connectivity index (χ3n) is 3.56. The van der Waals surface area contributed by atoms with Gasteiger partial charge < -0.3 is 16.4 Å². The average Bonchev–Trinajstić information content (AvgIpc) is 2.85. The lowest BCUT2D eigenvalue weighted by molar-refractivity contribution is -0.119. The Kier molecular flexibility index (Phi) is 5.30. The molecule has 6 heteroatoms. The zero-order valence-corrected chi connectivity index (χ0v) is 12.3. The first-order valence-electron chi connectivity index (χ1n) is 7.15. The molecule has 1 atom stereocenters. The molecule has 0 aliphatic carbocycles. The number of anilines is 1. The molecule has 1 aromatic rings. The normalized spacial score (nSPS) is 18.5. The van der Waals surface area contributed by atoms with E-state index < -0.39 is 0 Å². The maximum Gasteiger partial charge on any atom is 0.238 e. The molecule has 1 unspecified atom stereocenters. The number of nitrogens with zero attached hydrogens (tertiary/aromatic N) is 1. The first kappa shape index (κ1) is 15.5. The summed E-state index contributed by atoms with van der Waals surface area (Å²) in [5, 5.41) is 5.78. The number of hydrogen-bond donors (Lipinski definition) is 3. The molecule has 1 heterocycles. The zero-order chi connectivity index (χ0) is 15.2. The quantitative estimate of drug-likeness (QED) is 0.727. The molecule has 4 N–H and O–H groups in total. The van der Waals surface area contributed by atoms with Crippen LogP contribution in [0.4, 0.5) is 5.69 Å². The van der Waals surface area contributed by atoms with Crippen LogP contribution < -0.4 is 16.4 Å². The zero-order valence-electron chi connectivity index (χ0n) is 12.3. The van der Waals surface area contributed by atoms with Crippen LogP contribution in [-0.2, 0) is 16.1 Å². The van der Waals surface area contributed by atoms with E-state index in [9.17, 15) is 9.59 Å². The minimum Gasteiger partial charge on any atom is -0.352 e. The molecule has 1 fully saturated rings. The number of hydrogen-bond acceptors (Lipinski definition) is 4. The van der Waals surface area contributed by atoms with Gasteiger partial charge in [0.05, 0.1) is 6.54 Å². The molecule has 0 bridgehead atoms. The summed E-state index contributed by atoms with van der Waals surface area (Å²) in [6, 6.07) is 7.67. The molecular formula is C15H22N4O2. The molecule has 0 spiro atoms. The van der Waals surface area contributed by atoms with E-state index in [0.29, 0.717) is 19.6 Å². The molecule has 0 aromatic heterocycles. The van der Waals surface area contributed by atoms with Crippen molar-refractivity contribution in [2.75, 3.05) is 25.0 Å². The summed E-state index contributed by atoms with van der Waals surface area (Å²) in [5.41, 5.74) is 7.34. The molecule has 2 rings (SSSR count). The summed E-state index contributed by atoms with van der Waals surface area (Å²) in [5.74, 6) is -0.0810. The number of likely N-dealkylation sites (tertiary alicyclic amines) is 1. The number of amides is 2. The Morgan fingerprint density at radius 1 is 1.38 bits per heavy atom. The molecule has 21 heavy (non-hydrogen) atoms. The molecule has 1 aliphatic rings. The van der Waals surface area contributed by atoms with Crippen LogP contribution in [0.15, 0.2) is 24.3 Å². The molecular weight excluding hydrogens is 268 g/mol. The van der Waals surface area contributed by atoms with Gasteiger partial charge in [-0.2, -0.15) is 0 Å². The van der Waals surface area contributed by atoms with E-state index in [0.717, 1.165) is 24.2 Å². The van der Waals surface area contributed by atoms with Gasteiger partial charge in [-0.25, -0.2) is 0 Å². The van der Waals surface area contributed by atoms with Gasteiger partial charge in [0.25, 0.3) is 0 Å². The van der Waals surface area contributed by atoms with E-state index in [1.807, 2.05) is 29.2 Å². The molecule has 1 saturated heterocycles. The average molecular weight is 290 g/mol. The van der Waals surface area contributed by atoms with E-state index in [1.54, 1.807) is 0 Å². The minimum atomic E-state index is -0.0561. The third kappa shape index (κ3) is 4.54. The molecule has 2 amide bonds. The van der Waals surface area contributed by atoms with Crippen molar-refractivity contribution >= 4 is 17.5 Å². The largest absolute Gasteiger partial charge is 0.352 e. The Labute approximate surface area is 124 Å². The van der Waals surface area contributed by atoms with E-state index in [4.69, 9.17) is 5.73 Å². The smallest absolute Gasteiger partial charge is 0.238 e. The lowest BCUT2D eigenvalue weighted by Gasteiger charge is -2.16. The number of para-hydroxylation sites is 1. The van der Waals surface area contributed by atoms with Crippen molar-refractivity contribution in [1.29, 1.82) is 0 Å². The number of carbonyl (C=O) groups is 2. The fourth-order valence-corrected chi connectivity index (χ4v) is 2.59. The number of carbonyl (C=O) groups excluding carboxylic acids is 2. The van der Waals surface area contributed by atoms with Crippen molar-refractivity contribution in [2.45, 2.75) is 25.9 Å². The van der Waals surface area contributed by atoms with Crippen molar-refractivity contribution in [1.82, 2.24) is 10.2 Å². The summed E-state index contributed by atoms with van der Waals surface area (Å²) < 4.78 is 0. The van der Waals surface area contributed by atoms with Crippen molar-refractivity contribution < 1.29 is 9.59 Å². The lowest BCUT2D eigenvalue weighted by Crippen LogP contribution is -2.37. The van der Waals surface area contributed by atoms with Gasteiger partial charge >= 0.3 is 0 Å². The highest BCUT2D eigenvalue weighted by Crippen LogP contribution is 2.15. The molecule has 1 aromatic carbocycles. The van der Waals surface area contributed by atoms with Crippen LogP contribution in [0.5, 0.6) is 0 Å². The molecule has 6 nitrogen and oxygen atoms in total. The van der Waals surface area contributed by atoms with Crippen LogP contribution in [0.1, 0.15) is 18.9 Å². The van der Waals surface area contributed by atoms with Gasteiger partial charge in [0.2, 0.25) is 11.8 Å². The Balaban J connectivity index is 1.84. The minimum absolute atomic E-state index is 0.0248. The van der Waals surface area contributed by atoms with Gasteiger partial charge in [-0.3, -0.25) is 14.5 Å². The van der Waals surface area contributed by atoms with Gasteiger partial charge in [0.15, 0.2) is 0 Å². The standard InChI is InChI=1S/C15H22N4O2/c1-11(20)17-13-6-7-19(9-13)10-15(21)18-14-5-3-2-4-12(14)8-16/h2-5,13H,6-10,16H2,1H3,(H,17,20)(H,18,21). The van der Waals surface area contributed by atoms with E-state index in [2.05, 4.69) is 10.6 Å². The van der Waals surface area contributed by atoms with Crippen molar-refractivity contribution in [3.63, 3.8) is 0 Å². The Bertz CT molecular complexity index is 518. The van der Waals surface area contributed by atoms with Crippen LogP contribution in [0.2, 0.25) is 0 Å². The number of rotatable bonds is 5. The van der Waals surface area contributed by atoms with Crippen LogP contribution >= 0.6 is 0 Å². The monoisotopic (exact) mass is 290 g/mol. The molecule has 0 radical (unpaired) electrons. The highest BCUT2D eigenvalue weighted by Gasteiger charge is 2.24. The summed E-state index contributed by atoms with van der Waals surface area (Å²) in [7, 11) is 0. The Morgan fingerprint density at radius 3 is 2.86 bits per heavy atom. The number of nitrogens with one attached hydrogen (secondary N) is 2. The van der Waals surface area contributed by atoms with Crippen molar-refractivity contribution in [3.05, 3.63) is 29.8 Å². The second-order valence-electron chi connectivity index (χ2n) is 5.33. The predicted octanol–water partition coefficient (Wildman–Crippen LogP) is 0.294. The van der Waals surface area contributed by atoms with E-state index in [-0.39, 0.29) is 17.9 Å². The van der Waals surface area contributed by atoms with Crippen LogP contribution in [0, 0.1) is 0 Å². The topological polar surface area (TPSA) is 87.5 Å². The highest BCUT2D eigenvalue weighted by molar-refractivity contribution is 5.93. The first-order chi connectivity index (χ1) is 10.1. The maximum absolute atomic E-state index is 12.1. The van der Waals surface area contributed by atoms with Gasteiger partial charge in [-0.05, 0) is 18.1 Å². The van der Waals surface area contributed by atoms with Crippen LogP contribution in [0.25, 0.3) is 0 Å². The maximum atomic E-state index is 12.1. The molecule has 1 aliphatic heterocycles. The lowest BCUT2D eigenvalue weighted by atomic mass is 10.2. The number of nitrogens with two attached hydrogens (primary N) is 1. The van der Waals surface area contributed by atoms with Crippen LogP contribution in [0.3, 0.4) is 0 Å². The summed E-state index contributed by atoms with van der Waals surface area (Å²) in [4.78, 5) is 25.1. The fraction of sp³-hybridized carbons (Fsp3) is 0.467. The van der Waals surface area contributed by atoms with Gasteiger partial charge in [0, 0.05) is 38.3 Å². The van der Waals surface area contributed by atoms with E-state index in [1.165, 1.54) is 6.92 Å². The Morgan fingerprint density at radius 2 is 2.14 bits per heavy atom. The van der Waals surface area contributed by atoms with Crippen molar-refractivity contribution in [2.24, 2.45) is 5.73 Å². The predicted molar refractivity (Wildman–Crippen MR) is 81.6 cm³/mol. The highest BCUT2D eigenvalue weighted by atomic mass is 16.2. The SMILES string of the molecule is CC(=O)NC1CCN(CC(=O)Nc2ccccc2CN)C1. The van der Waals surface area contributed by atoms with Crippen LogP contribution in [-0.4, -0.2) is 42.4 Å². The summed E-state index contributed by atoms with van der Waals surface area (Å²) in [6.45, 7) is 3.77. The summed E-state index contributed by atoms with van der Waals surface area (Å²) >= 11 is 0. The van der Waals surface area contributed by atoms with Gasteiger partial charge in [0.1, 0.15) is 0 Å². The second-order valence-corrected chi connectivity index (χ2v) is 5.33.